The lowest BCUT2D eigenvalue weighted by Gasteiger charge is -2.06. The van der Waals surface area contributed by atoms with Crippen LogP contribution in [0.25, 0.3) is 0 Å². The molecule has 1 amide bonds. The molecule has 0 atom stereocenters. The average Bonchev–Trinajstić information content (AvgIpc) is 2.42. The molecule has 0 heterocycles. The number of rotatable bonds is 8. The van der Waals surface area contributed by atoms with Gasteiger partial charge in [-0.1, -0.05) is 15.9 Å². The largest absolute Gasteiger partial charge is 0.381 e. The number of carbonyl (C=O) groups excluding carboxylic acids is 1. The van der Waals surface area contributed by atoms with Crippen LogP contribution in [-0.2, 0) is 4.74 Å². The molecule has 0 aromatic heterocycles. The lowest BCUT2D eigenvalue weighted by atomic mass is 10.2. The molecule has 110 valence electrons. The lowest BCUT2D eigenvalue weighted by molar-refractivity contribution is -0.385. The van der Waals surface area contributed by atoms with Gasteiger partial charge in [-0.05, 0) is 12.5 Å². The van der Waals surface area contributed by atoms with Gasteiger partial charge in [0.2, 0.25) is 0 Å². The van der Waals surface area contributed by atoms with Gasteiger partial charge in [-0.15, -0.1) is 0 Å². The Labute approximate surface area is 123 Å². The summed E-state index contributed by atoms with van der Waals surface area (Å²) in [7, 11) is 0. The van der Waals surface area contributed by atoms with Gasteiger partial charge in [-0.3, -0.25) is 14.9 Å². The topological polar surface area (TPSA) is 81.5 Å². The highest BCUT2D eigenvalue weighted by molar-refractivity contribution is 9.09. The van der Waals surface area contributed by atoms with E-state index in [0.717, 1.165) is 23.5 Å². The highest BCUT2D eigenvalue weighted by Crippen LogP contribution is 2.16. The number of amides is 1. The number of carbonyl (C=O) groups is 1. The van der Waals surface area contributed by atoms with Crippen molar-refractivity contribution in [2.75, 3.05) is 25.1 Å². The number of benzene rings is 1. The number of alkyl halides is 1. The molecule has 1 rings (SSSR count). The summed E-state index contributed by atoms with van der Waals surface area (Å²) in [6, 6.07) is 2.93. The Balaban J connectivity index is 2.45. The van der Waals surface area contributed by atoms with E-state index in [4.69, 9.17) is 4.74 Å². The zero-order chi connectivity index (χ0) is 15.0. The molecular formula is C12H14BrFN2O4. The van der Waals surface area contributed by atoms with Crippen LogP contribution < -0.4 is 5.32 Å². The van der Waals surface area contributed by atoms with E-state index in [9.17, 15) is 19.3 Å². The number of nitro benzene ring substituents is 1. The first-order chi connectivity index (χ1) is 9.56. The highest BCUT2D eigenvalue weighted by Gasteiger charge is 2.15. The van der Waals surface area contributed by atoms with Crippen LogP contribution >= 0.6 is 15.9 Å². The maximum absolute atomic E-state index is 13.5. The van der Waals surface area contributed by atoms with Crippen molar-refractivity contribution < 1.29 is 18.8 Å². The maximum atomic E-state index is 13.5. The Bertz CT molecular complexity index is 485. The number of nitrogens with one attached hydrogen (secondary N) is 1. The Hall–Kier alpha value is -1.54. The van der Waals surface area contributed by atoms with Crippen LogP contribution in [0, 0.1) is 15.9 Å². The summed E-state index contributed by atoms with van der Waals surface area (Å²) < 4.78 is 18.7. The van der Waals surface area contributed by atoms with E-state index in [2.05, 4.69) is 21.2 Å². The zero-order valence-corrected chi connectivity index (χ0v) is 12.2. The minimum Gasteiger partial charge on any atom is -0.381 e. The van der Waals surface area contributed by atoms with Gasteiger partial charge in [0.25, 0.3) is 11.6 Å². The van der Waals surface area contributed by atoms with Crippen LogP contribution in [0.2, 0.25) is 0 Å². The summed E-state index contributed by atoms with van der Waals surface area (Å²) in [5.41, 5.74) is -0.598. The van der Waals surface area contributed by atoms with Gasteiger partial charge in [0.1, 0.15) is 5.82 Å². The SMILES string of the molecule is O=C(NCCCOCCBr)c1ccc([N+](=O)[O-])cc1F. The van der Waals surface area contributed by atoms with E-state index < -0.39 is 16.6 Å². The van der Waals surface area contributed by atoms with Crippen molar-refractivity contribution in [1.29, 1.82) is 0 Å². The third-order valence-corrected chi connectivity index (χ3v) is 2.70. The van der Waals surface area contributed by atoms with Crippen LogP contribution in [0.3, 0.4) is 0 Å². The number of ether oxygens (including phenoxy) is 1. The van der Waals surface area contributed by atoms with Gasteiger partial charge in [-0.25, -0.2) is 4.39 Å². The first-order valence-corrected chi connectivity index (χ1v) is 7.04. The molecule has 1 aromatic carbocycles. The second kappa shape index (κ2) is 8.60. The van der Waals surface area contributed by atoms with Crippen molar-refractivity contribution in [3.05, 3.63) is 39.7 Å². The number of halogens is 2. The summed E-state index contributed by atoms with van der Waals surface area (Å²) >= 11 is 3.21. The fraction of sp³-hybridized carbons (Fsp3) is 0.417. The summed E-state index contributed by atoms with van der Waals surface area (Å²) in [6.45, 7) is 1.43. The summed E-state index contributed by atoms with van der Waals surface area (Å²) in [5.74, 6) is -1.51. The summed E-state index contributed by atoms with van der Waals surface area (Å²) in [4.78, 5) is 21.4. The fourth-order valence-corrected chi connectivity index (χ4v) is 1.66. The van der Waals surface area contributed by atoms with Crippen molar-refractivity contribution in [3.8, 4) is 0 Å². The number of non-ortho nitro benzene ring substituents is 1. The predicted octanol–water partition coefficient (Wildman–Crippen LogP) is 2.27. The van der Waals surface area contributed by atoms with E-state index >= 15 is 0 Å². The van der Waals surface area contributed by atoms with E-state index in [1.807, 2.05) is 0 Å². The number of nitro groups is 1. The molecule has 0 aliphatic heterocycles. The van der Waals surface area contributed by atoms with E-state index in [0.29, 0.717) is 26.2 Å². The molecular weight excluding hydrogens is 335 g/mol. The lowest BCUT2D eigenvalue weighted by Crippen LogP contribution is -2.26. The molecule has 0 aliphatic carbocycles. The van der Waals surface area contributed by atoms with E-state index in [1.54, 1.807) is 0 Å². The van der Waals surface area contributed by atoms with Gasteiger partial charge in [-0.2, -0.15) is 0 Å². The molecule has 0 bridgehead atoms. The maximum Gasteiger partial charge on any atom is 0.272 e. The number of hydrogen-bond acceptors (Lipinski definition) is 4. The van der Waals surface area contributed by atoms with Crippen LogP contribution in [0.1, 0.15) is 16.8 Å². The predicted molar refractivity (Wildman–Crippen MR) is 74.6 cm³/mol. The monoisotopic (exact) mass is 348 g/mol. The van der Waals surface area contributed by atoms with Gasteiger partial charge >= 0.3 is 0 Å². The van der Waals surface area contributed by atoms with E-state index in [1.165, 1.54) is 0 Å². The minimum absolute atomic E-state index is 0.211. The van der Waals surface area contributed by atoms with Crippen LogP contribution in [0.15, 0.2) is 18.2 Å². The second-order valence-corrected chi connectivity index (χ2v) is 4.63. The second-order valence-electron chi connectivity index (χ2n) is 3.83. The molecule has 0 radical (unpaired) electrons. The molecule has 0 spiro atoms. The average molecular weight is 349 g/mol. The first kappa shape index (κ1) is 16.5. The molecule has 8 heteroatoms. The van der Waals surface area contributed by atoms with Gasteiger partial charge in [0, 0.05) is 24.5 Å². The molecule has 0 unspecified atom stereocenters. The zero-order valence-electron chi connectivity index (χ0n) is 10.6. The normalized spacial score (nSPS) is 10.3. The molecule has 1 N–H and O–H groups in total. The number of nitrogens with zero attached hydrogens (tertiary/aromatic N) is 1. The summed E-state index contributed by atoms with van der Waals surface area (Å²) in [5, 5.41) is 13.7. The quantitative estimate of drug-likeness (QED) is 0.338. The molecule has 20 heavy (non-hydrogen) atoms. The van der Waals surface area contributed by atoms with Crippen molar-refractivity contribution in [3.63, 3.8) is 0 Å². The molecule has 1 aromatic rings. The standard InChI is InChI=1S/C12H14BrFN2O4/c13-4-7-20-6-1-5-15-12(17)10-3-2-9(16(18)19)8-11(10)14/h2-3,8H,1,4-7H2,(H,15,17). The Kier molecular flexibility index (Phi) is 7.10. The third-order valence-electron chi connectivity index (χ3n) is 2.38. The Morgan fingerprint density at radius 3 is 2.80 bits per heavy atom. The molecule has 0 fully saturated rings. The Morgan fingerprint density at radius 2 is 2.20 bits per heavy atom. The molecule has 0 aliphatic rings. The fourth-order valence-electron chi connectivity index (χ4n) is 1.43. The summed E-state index contributed by atoms with van der Waals surface area (Å²) in [6.07, 6.45) is 0.605. The van der Waals surface area contributed by atoms with Crippen LogP contribution in [0.4, 0.5) is 10.1 Å². The number of hydrogen-bond donors (Lipinski definition) is 1. The Morgan fingerprint density at radius 1 is 1.45 bits per heavy atom. The molecule has 0 saturated heterocycles. The van der Waals surface area contributed by atoms with Crippen molar-refractivity contribution in [1.82, 2.24) is 5.32 Å². The van der Waals surface area contributed by atoms with Crippen molar-refractivity contribution in [2.24, 2.45) is 0 Å². The first-order valence-electron chi connectivity index (χ1n) is 5.92. The van der Waals surface area contributed by atoms with Gasteiger partial charge in [0.15, 0.2) is 0 Å². The van der Waals surface area contributed by atoms with Gasteiger partial charge in [0.05, 0.1) is 23.2 Å². The third kappa shape index (κ3) is 5.22. The van der Waals surface area contributed by atoms with Crippen molar-refractivity contribution >= 4 is 27.5 Å². The molecule has 6 nitrogen and oxygen atoms in total. The van der Waals surface area contributed by atoms with E-state index in [-0.39, 0.29) is 11.3 Å². The molecule has 0 saturated carbocycles. The highest BCUT2D eigenvalue weighted by atomic mass is 79.9. The smallest absolute Gasteiger partial charge is 0.272 e. The van der Waals surface area contributed by atoms with Crippen LogP contribution in [0.5, 0.6) is 0 Å². The minimum atomic E-state index is -0.910. The van der Waals surface area contributed by atoms with Crippen LogP contribution in [-0.4, -0.2) is 35.9 Å². The van der Waals surface area contributed by atoms with Gasteiger partial charge < -0.3 is 10.1 Å². The van der Waals surface area contributed by atoms with Crippen molar-refractivity contribution in [2.45, 2.75) is 6.42 Å².